The first-order chi connectivity index (χ1) is 8.17. The molecule has 3 heteroatoms. The topological polar surface area (TPSA) is 26.2 Å². The highest BCUT2D eigenvalue weighted by Gasteiger charge is 2.41. The molecule has 0 saturated heterocycles. The molecule has 2 heterocycles. The van der Waals surface area contributed by atoms with E-state index in [-0.39, 0.29) is 11.6 Å². The van der Waals surface area contributed by atoms with Gasteiger partial charge in [0.15, 0.2) is 0 Å². The van der Waals surface area contributed by atoms with Crippen molar-refractivity contribution in [3.8, 4) is 5.75 Å². The van der Waals surface area contributed by atoms with Crippen LogP contribution in [0.25, 0.3) is 0 Å². The summed E-state index contributed by atoms with van der Waals surface area (Å²) in [6.07, 6.45) is 3.99. The molecular weight excluding hydrogens is 212 g/mol. The Kier molecular flexibility index (Phi) is 2.15. The van der Waals surface area contributed by atoms with E-state index in [1.54, 1.807) is 0 Å². The van der Waals surface area contributed by atoms with Gasteiger partial charge in [0.1, 0.15) is 17.4 Å². The van der Waals surface area contributed by atoms with Gasteiger partial charge in [-0.2, -0.15) is 0 Å². The first-order valence-corrected chi connectivity index (χ1v) is 5.84. The molecular formula is C14H16N2O. The van der Waals surface area contributed by atoms with Crippen LogP contribution in [0.3, 0.4) is 0 Å². The van der Waals surface area contributed by atoms with E-state index in [4.69, 9.17) is 4.74 Å². The number of nitrogens with zero attached hydrogens (tertiary/aromatic N) is 1. The number of hydrogen-bond donors (Lipinski definition) is 1. The normalized spacial score (nSPS) is 20.7. The molecule has 1 aliphatic rings. The van der Waals surface area contributed by atoms with Gasteiger partial charge in [-0.15, -0.1) is 0 Å². The number of para-hydroxylation sites is 1. The van der Waals surface area contributed by atoms with Crippen molar-refractivity contribution in [2.45, 2.75) is 25.5 Å². The highest BCUT2D eigenvalue weighted by atomic mass is 16.5. The van der Waals surface area contributed by atoms with Gasteiger partial charge >= 0.3 is 0 Å². The number of rotatable bonds is 2. The monoisotopic (exact) mass is 228 g/mol. The zero-order valence-corrected chi connectivity index (χ0v) is 10.1. The molecule has 1 N–H and O–H groups in total. The Balaban J connectivity index is 1.97. The van der Waals surface area contributed by atoms with Crippen LogP contribution in [0.4, 0.5) is 0 Å². The van der Waals surface area contributed by atoms with Crippen molar-refractivity contribution < 1.29 is 4.74 Å². The number of fused-ring (bicyclic) bond motifs is 1. The molecule has 3 rings (SSSR count). The summed E-state index contributed by atoms with van der Waals surface area (Å²) in [6, 6.07) is 12.4. The van der Waals surface area contributed by atoms with Crippen LogP contribution in [0, 0.1) is 0 Å². The maximum Gasteiger partial charge on any atom is 0.129 e. The summed E-state index contributed by atoms with van der Waals surface area (Å²) in [5.41, 5.74) is 4.43. The summed E-state index contributed by atoms with van der Waals surface area (Å²) in [4.78, 5) is 0. The van der Waals surface area contributed by atoms with Crippen LogP contribution in [-0.2, 0) is 0 Å². The summed E-state index contributed by atoms with van der Waals surface area (Å²) >= 11 is 0. The van der Waals surface area contributed by atoms with E-state index in [9.17, 15) is 0 Å². The van der Waals surface area contributed by atoms with Gasteiger partial charge in [-0.25, -0.2) is 0 Å². The number of benzene rings is 1. The lowest BCUT2D eigenvalue weighted by Gasteiger charge is -2.28. The molecule has 0 aliphatic carbocycles. The fourth-order valence-electron chi connectivity index (χ4n) is 2.32. The molecule has 0 bridgehead atoms. The zero-order chi connectivity index (χ0) is 11.9. The van der Waals surface area contributed by atoms with Crippen LogP contribution in [0.5, 0.6) is 5.75 Å². The van der Waals surface area contributed by atoms with Crippen molar-refractivity contribution >= 4 is 0 Å². The maximum atomic E-state index is 5.98. The highest BCUT2D eigenvalue weighted by Crippen LogP contribution is 2.43. The average molecular weight is 228 g/mol. The van der Waals surface area contributed by atoms with Crippen LogP contribution in [0.2, 0.25) is 0 Å². The molecule has 1 aliphatic heterocycles. The van der Waals surface area contributed by atoms with E-state index in [0.717, 1.165) is 5.75 Å². The zero-order valence-electron chi connectivity index (χ0n) is 10.1. The molecule has 0 fully saturated rings. The highest BCUT2D eigenvalue weighted by molar-refractivity contribution is 5.43. The Morgan fingerprint density at radius 3 is 2.59 bits per heavy atom. The molecule has 1 aromatic heterocycles. The molecule has 1 aromatic carbocycles. The molecule has 0 spiro atoms. The van der Waals surface area contributed by atoms with Crippen molar-refractivity contribution in [3.63, 3.8) is 0 Å². The van der Waals surface area contributed by atoms with Crippen LogP contribution in [-0.4, -0.2) is 10.3 Å². The summed E-state index contributed by atoms with van der Waals surface area (Å²) < 4.78 is 7.95. The van der Waals surface area contributed by atoms with E-state index in [0.29, 0.717) is 0 Å². The van der Waals surface area contributed by atoms with Crippen molar-refractivity contribution in [2.75, 3.05) is 5.43 Å². The molecule has 1 unspecified atom stereocenters. The molecule has 0 radical (unpaired) electrons. The fraction of sp³-hybridized carbons (Fsp3) is 0.286. The number of nitrogens with one attached hydrogen (secondary N) is 1. The average Bonchev–Trinajstić information content (AvgIpc) is 2.86. The van der Waals surface area contributed by atoms with E-state index >= 15 is 0 Å². The summed E-state index contributed by atoms with van der Waals surface area (Å²) in [7, 11) is 0. The third-order valence-corrected chi connectivity index (χ3v) is 3.18. The van der Waals surface area contributed by atoms with Crippen molar-refractivity contribution in [2.24, 2.45) is 0 Å². The smallest absolute Gasteiger partial charge is 0.129 e. The minimum Gasteiger partial charge on any atom is -0.485 e. The Morgan fingerprint density at radius 1 is 1.12 bits per heavy atom. The Labute approximate surface area is 101 Å². The van der Waals surface area contributed by atoms with Crippen LogP contribution < -0.4 is 10.2 Å². The molecule has 0 saturated carbocycles. The SMILES string of the molecule is CC1(C)Oc2ccccc2C1Nn1cccc1. The van der Waals surface area contributed by atoms with Crippen molar-refractivity contribution in [1.82, 2.24) is 4.68 Å². The maximum absolute atomic E-state index is 5.98. The Bertz CT molecular complexity index is 517. The fourth-order valence-corrected chi connectivity index (χ4v) is 2.32. The summed E-state index contributed by atoms with van der Waals surface area (Å²) in [6.45, 7) is 4.21. The lowest BCUT2D eigenvalue weighted by Crippen LogP contribution is -2.37. The minimum atomic E-state index is -0.242. The summed E-state index contributed by atoms with van der Waals surface area (Å²) in [5, 5.41) is 0. The molecule has 17 heavy (non-hydrogen) atoms. The van der Waals surface area contributed by atoms with E-state index < -0.39 is 0 Å². The van der Waals surface area contributed by atoms with Crippen LogP contribution >= 0.6 is 0 Å². The lowest BCUT2D eigenvalue weighted by molar-refractivity contribution is 0.114. The minimum absolute atomic E-state index is 0.158. The predicted octanol–water partition coefficient (Wildman–Crippen LogP) is 2.94. The van der Waals surface area contributed by atoms with Crippen molar-refractivity contribution in [3.05, 3.63) is 54.4 Å². The Hall–Kier alpha value is -1.90. The number of aromatic nitrogens is 1. The van der Waals surface area contributed by atoms with Crippen molar-refractivity contribution in [1.29, 1.82) is 0 Å². The largest absolute Gasteiger partial charge is 0.485 e. The molecule has 1 atom stereocenters. The van der Waals surface area contributed by atoms with Gasteiger partial charge in [0.25, 0.3) is 0 Å². The molecule has 3 nitrogen and oxygen atoms in total. The van der Waals surface area contributed by atoms with Crippen LogP contribution in [0.1, 0.15) is 25.5 Å². The van der Waals surface area contributed by atoms with E-state index in [1.165, 1.54) is 5.56 Å². The Morgan fingerprint density at radius 2 is 1.82 bits per heavy atom. The quantitative estimate of drug-likeness (QED) is 0.855. The van der Waals surface area contributed by atoms with Gasteiger partial charge in [-0.3, -0.25) is 4.68 Å². The molecule has 0 amide bonds. The number of ether oxygens (including phenoxy) is 1. The first kappa shape index (κ1) is 10.3. The predicted molar refractivity (Wildman–Crippen MR) is 67.7 cm³/mol. The second kappa shape index (κ2) is 3.55. The van der Waals surface area contributed by atoms with Crippen LogP contribution in [0.15, 0.2) is 48.8 Å². The van der Waals surface area contributed by atoms with Gasteiger partial charge < -0.3 is 10.2 Å². The standard InChI is InChI=1S/C14H16N2O/c1-14(2)13(15-16-9-5-6-10-16)11-7-3-4-8-12(11)17-14/h3-10,13,15H,1-2H3. The van der Waals surface area contributed by atoms with Gasteiger partial charge in [0, 0.05) is 18.0 Å². The second-order valence-electron chi connectivity index (χ2n) is 4.90. The third-order valence-electron chi connectivity index (χ3n) is 3.18. The number of hydrogen-bond acceptors (Lipinski definition) is 2. The second-order valence-corrected chi connectivity index (χ2v) is 4.90. The summed E-state index contributed by atoms with van der Waals surface area (Å²) in [5.74, 6) is 0.974. The first-order valence-electron chi connectivity index (χ1n) is 5.84. The molecule has 88 valence electrons. The van der Waals surface area contributed by atoms with Gasteiger partial charge in [0.05, 0.1) is 0 Å². The lowest BCUT2D eigenvalue weighted by atomic mass is 9.95. The third kappa shape index (κ3) is 1.68. The molecule has 2 aromatic rings. The van der Waals surface area contributed by atoms with E-state index in [1.807, 2.05) is 47.4 Å². The van der Waals surface area contributed by atoms with E-state index in [2.05, 4.69) is 25.3 Å². The van der Waals surface area contributed by atoms with Gasteiger partial charge in [0.2, 0.25) is 0 Å². The van der Waals surface area contributed by atoms with Gasteiger partial charge in [-0.05, 0) is 32.0 Å². The van der Waals surface area contributed by atoms with Gasteiger partial charge in [-0.1, -0.05) is 18.2 Å².